The molecular formula is C12H11F3O3. The largest absolute Gasteiger partial charge is 0.478 e. The van der Waals surface area contributed by atoms with Crippen molar-refractivity contribution in [2.24, 2.45) is 0 Å². The van der Waals surface area contributed by atoms with E-state index < -0.39 is 24.8 Å². The molecule has 18 heavy (non-hydrogen) atoms. The highest BCUT2D eigenvalue weighted by Crippen LogP contribution is 2.13. The number of rotatable bonds is 6. The van der Waals surface area contributed by atoms with Crippen LogP contribution in [0.15, 0.2) is 24.3 Å². The van der Waals surface area contributed by atoms with Gasteiger partial charge in [-0.15, -0.1) is 0 Å². The number of alkyl halides is 2. The molecule has 0 aliphatic heterocycles. The predicted molar refractivity (Wildman–Crippen MR) is 58.7 cm³/mol. The number of carboxylic acids is 1. The quantitative estimate of drug-likeness (QED) is 0.800. The van der Waals surface area contributed by atoms with Gasteiger partial charge in [0.15, 0.2) is 0 Å². The summed E-state index contributed by atoms with van der Waals surface area (Å²) in [4.78, 5) is 10.3. The molecule has 0 saturated heterocycles. The molecule has 1 rings (SSSR count). The zero-order chi connectivity index (χ0) is 13.5. The number of carbonyl (C=O) groups is 1. The molecule has 0 aliphatic rings. The van der Waals surface area contributed by atoms with Crippen LogP contribution < -0.4 is 0 Å². The van der Waals surface area contributed by atoms with E-state index in [0.29, 0.717) is 5.56 Å². The summed E-state index contributed by atoms with van der Waals surface area (Å²) in [5.74, 6) is -1.79. The highest BCUT2D eigenvalue weighted by molar-refractivity contribution is 5.85. The molecule has 3 nitrogen and oxygen atoms in total. The van der Waals surface area contributed by atoms with Gasteiger partial charge in [-0.3, -0.25) is 0 Å². The molecule has 0 atom stereocenters. The molecule has 0 bridgehead atoms. The molecule has 0 amide bonds. The minimum atomic E-state index is -2.56. The molecule has 0 saturated carbocycles. The third kappa shape index (κ3) is 5.01. The number of ether oxygens (including phenoxy) is 1. The van der Waals surface area contributed by atoms with Crippen molar-refractivity contribution < 1.29 is 27.8 Å². The van der Waals surface area contributed by atoms with Gasteiger partial charge in [-0.2, -0.15) is 0 Å². The van der Waals surface area contributed by atoms with Crippen LogP contribution in [-0.2, 0) is 16.1 Å². The van der Waals surface area contributed by atoms with Crippen LogP contribution in [0, 0.1) is 5.82 Å². The standard InChI is InChI=1S/C12H11F3O3/c13-10-3-1-8(6-18-7-11(14)15)5-9(10)2-4-12(16)17/h1-5,11H,6-7H2,(H,16,17)/b4-2+. The van der Waals surface area contributed by atoms with Gasteiger partial charge >= 0.3 is 5.97 Å². The van der Waals surface area contributed by atoms with Crippen molar-refractivity contribution in [1.29, 1.82) is 0 Å². The Labute approximate surface area is 101 Å². The van der Waals surface area contributed by atoms with Crippen LogP contribution in [0.1, 0.15) is 11.1 Å². The van der Waals surface area contributed by atoms with E-state index in [0.717, 1.165) is 18.2 Å². The molecule has 0 radical (unpaired) electrons. The average Bonchev–Trinajstić information content (AvgIpc) is 2.29. The lowest BCUT2D eigenvalue weighted by Gasteiger charge is -2.05. The number of benzene rings is 1. The van der Waals surface area contributed by atoms with Gasteiger partial charge in [0.2, 0.25) is 0 Å². The molecule has 0 fully saturated rings. The van der Waals surface area contributed by atoms with Gasteiger partial charge in [0.25, 0.3) is 6.43 Å². The number of hydrogen-bond acceptors (Lipinski definition) is 2. The van der Waals surface area contributed by atoms with E-state index in [1.807, 2.05) is 0 Å². The minimum absolute atomic E-state index is 0.0653. The first kappa shape index (κ1) is 14.2. The van der Waals surface area contributed by atoms with Crippen molar-refractivity contribution in [3.8, 4) is 0 Å². The van der Waals surface area contributed by atoms with Gasteiger partial charge in [0, 0.05) is 11.6 Å². The molecule has 6 heteroatoms. The van der Waals surface area contributed by atoms with Gasteiger partial charge in [-0.1, -0.05) is 6.07 Å². The van der Waals surface area contributed by atoms with Crippen LogP contribution in [0.4, 0.5) is 13.2 Å². The molecular weight excluding hydrogens is 249 g/mol. The van der Waals surface area contributed by atoms with Crippen molar-refractivity contribution in [1.82, 2.24) is 0 Å². The Hall–Kier alpha value is -1.82. The number of halogens is 3. The van der Waals surface area contributed by atoms with Crippen LogP contribution >= 0.6 is 0 Å². The summed E-state index contributed by atoms with van der Waals surface area (Å²) in [5, 5.41) is 8.42. The molecule has 0 aromatic heterocycles. The number of aliphatic carboxylic acids is 1. The van der Waals surface area contributed by atoms with Crippen LogP contribution in [-0.4, -0.2) is 24.1 Å². The fourth-order valence-electron chi connectivity index (χ4n) is 1.24. The first-order valence-corrected chi connectivity index (χ1v) is 5.04. The average molecular weight is 260 g/mol. The first-order valence-electron chi connectivity index (χ1n) is 5.04. The second kappa shape index (κ2) is 6.80. The Morgan fingerprint density at radius 3 is 2.78 bits per heavy atom. The number of hydrogen-bond donors (Lipinski definition) is 1. The zero-order valence-corrected chi connectivity index (χ0v) is 9.28. The molecule has 1 aromatic carbocycles. The molecule has 0 aliphatic carbocycles. The third-order valence-corrected chi connectivity index (χ3v) is 1.98. The Balaban J connectivity index is 2.71. The predicted octanol–water partition coefficient (Wildman–Crippen LogP) is 2.71. The summed E-state index contributed by atoms with van der Waals surface area (Å²) in [7, 11) is 0. The van der Waals surface area contributed by atoms with Gasteiger partial charge in [0.05, 0.1) is 6.61 Å². The van der Waals surface area contributed by atoms with E-state index in [1.54, 1.807) is 0 Å². The molecule has 1 N–H and O–H groups in total. The van der Waals surface area contributed by atoms with Crippen molar-refractivity contribution in [2.45, 2.75) is 13.0 Å². The summed E-state index contributed by atoms with van der Waals surface area (Å²) in [5.41, 5.74) is 0.553. The summed E-state index contributed by atoms with van der Waals surface area (Å²) in [6.07, 6.45) is -0.673. The smallest absolute Gasteiger partial charge is 0.328 e. The highest BCUT2D eigenvalue weighted by Gasteiger charge is 2.04. The Morgan fingerprint density at radius 1 is 1.44 bits per heavy atom. The van der Waals surface area contributed by atoms with Crippen molar-refractivity contribution in [2.75, 3.05) is 6.61 Å². The van der Waals surface area contributed by atoms with Gasteiger partial charge in [-0.05, 0) is 23.8 Å². The van der Waals surface area contributed by atoms with E-state index in [4.69, 9.17) is 5.11 Å². The van der Waals surface area contributed by atoms with E-state index >= 15 is 0 Å². The molecule has 1 aromatic rings. The molecule has 98 valence electrons. The van der Waals surface area contributed by atoms with E-state index in [2.05, 4.69) is 4.74 Å². The summed E-state index contributed by atoms with van der Waals surface area (Å²) in [6, 6.07) is 3.86. The lowest BCUT2D eigenvalue weighted by Crippen LogP contribution is -2.04. The SMILES string of the molecule is O=C(O)/C=C/c1cc(COCC(F)F)ccc1F. The van der Waals surface area contributed by atoms with Crippen LogP contribution in [0.25, 0.3) is 6.08 Å². The first-order chi connectivity index (χ1) is 8.49. The minimum Gasteiger partial charge on any atom is -0.478 e. The van der Waals surface area contributed by atoms with Crippen LogP contribution in [0.2, 0.25) is 0 Å². The second-order valence-electron chi connectivity index (χ2n) is 3.43. The fourth-order valence-corrected chi connectivity index (χ4v) is 1.24. The monoisotopic (exact) mass is 260 g/mol. The van der Waals surface area contributed by atoms with E-state index in [9.17, 15) is 18.0 Å². The van der Waals surface area contributed by atoms with Gasteiger partial charge in [0.1, 0.15) is 12.4 Å². The van der Waals surface area contributed by atoms with Crippen LogP contribution in [0.5, 0.6) is 0 Å². The summed E-state index contributed by atoms with van der Waals surface area (Å²) < 4.78 is 41.6. The Morgan fingerprint density at radius 2 is 2.17 bits per heavy atom. The van der Waals surface area contributed by atoms with E-state index in [1.165, 1.54) is 12.1 Å². The van der Waals surface area contributed by atoms with Gasteiger partial charge < -0.3 is 9.84 Å². The Kier molecular flexibility index (Phi) is 5.38. The normalized spacial score (nSPS) is 11.3. The van der Waals surface area contributed by atoms with Crippen molar-refractivity contribution in [3.63, 3.8) is 0 Å². The summed E-state index contributed by atoms with van der Waals surface area (Å²) >= 11 is 0. The van der Waals surface area contributed by atoms with Crippen molar-refractivity contribution >= 4 is 12.0 Å². The maximum atomic E-state index is 13.3. The van der Waals surface area contributed by atoms with E-state index in [-0.39, 0.29) is 12.2 Å². The molecule has 0 heterocycles. The Bertz CT molecular complexity index is 444. The summed E-state index contributed by atoms with van der Waals surface area (Å²) in [6.45, 7) is -0.782. The molecule has 0 unspecified atom stereocenters. The lowest BCUT2D eigenvalue weighted by molar-refractivity contribution is -0.131. The highest BCUT2D eigenvalue weighted by atomic mass is 19.3. The maximum absolute atomic E-state index is 13.3. The fraction of sp³-hybridized carbons (Fsp3) is 0.250. The van der Waals surface area contributed by atoms with Crippen LogP contribution in [0.3, 0.4) is 0 Å². The third-order valence-electron chi connectivity index (χ3n) is 1.98. The van der Waals surface area contributed by atoms with Crippen molar-refractivity contribution in [3.05, 3.63) is 41.2 Å². The topological polar surface area (TPSA) is 46.5 Å². The lowest BCUT2D eigenvalue weighted by atomic mass is 10.1. The zero-order valence-electron chi connectivity index (χ0n) is 9.28. The number of carboxylic acid groups (broad SMARTS) is 1. The second-order valence-corrected chi connectivity index (χ2v) is 3.43. The molecule has 0 spiro atoms. The maximum Gasteiger partial charge on any atom is 0.328 e. The van der Waals surface area contributed by atoms with Gasteiger partial charge in [-0.25, -0.2) is 18.0 Å².